The van der Waals surface area contributed by atoms with Crippen LogP contribution in [-0.4, -0.2) is 41.4 Å². The summed E-state index contributed by atoms with van der Waals surface area (Å²) in [6.45, 7) is 3.16. The van der Waals surface area contributed by atoms with Gasteiger partial charge in [0.2, 0.25) is 0 Å². The molecule has 5 heteroatoms. The fourth-order valence-corrected chi connectivity index (χ4v) is 3.74. The van der Waals surface area contributed by atoms with Gasteiger partial charge < -0.3 is 19.7 Å². The van der Waals surface area contributed by atoms with E-state index in [0.717, 1.165) is 65.1 Å². The summed E-state index contributed by atoms with van der Waals surface area (Å²) in [5.41, 5.74) is 4.50. The van der Waals surface area contributed by atoms with Crippen molar-refractivity contribution in [3.05, 3.63) is 54.6 Å². The van der Waals surface area contributed by atoms with Crippen LogP contribution >= 0.6 is 0 Å². The zero-order chi connectivity index (χ0) is 17.5. The zero-order valence-corrected chi connectivity index (χ0v) is 14.3. The van der Waals surface area contributed by atoms with Crippen LogP contribution in [0, 0.1) is 0 Å². The Morgan fingerprint density at radius 1 is 0.962 bits per heavy atom. The van der Waals surface area contributed by atoms with Gasteiger partial charge in [-0.3, -0.25) is 0 Å². The van der Waals surface area contributed by atoms with Crippen LogP contribution < -0.4 is 4.90 Å². The first kappa shape index (κ1) is 15.2. The molecule has 1 aliphatic rings. The summed E-state index contributed by atoms with van der Waals surface area (Å²) in [7, 11) is 0. The lowest BCUT2D eigenvalue weighted by Crippen LogP contribution is -2.36. The topological polar surface area (TPSA) is 61.4 Å². The molecular formula is C21H19N3O2. The standard InChI is InChI=1S/C21H19N3O2/c25-21-20(15-6-2-4-8-17(15)23-21)18-13-19(24-9-11-26-12-10-24)14-5-1-3-7-16(14)22-18/h1-8,13,23,25H,9-12H2. The Morgan fingerprint density at radius 2 is 1.69 bits per heavy atom. The molecular weight excluding hydrogens is 326 g/mol. The van der Waals surface area contributed by atoms with E-state index in [0.29, 0.717) is 0 Å². The maximum atomic E-state index is 10.5. The van der Waals surface area contributed by atoms with E-state index < -0.39 is 0 Å². The van der Waals surface area contributed by atoms with E-state index in [-0.39, 0.29) is 5.88 Å². The molecule has 130 valence electrons. The number of nitrogens with one attached hydrogen (secondary N) is 1. The SMILES string of the molecule is Oc1[nH]c2ccccc2c1-c1cc(N2CCOCC2)c2ccccc2n1. The molecule has 0 unspecified atom stereocenters. The van der Waals surface area contributed by atoms with Gasteiger partial charge in [0, 0.05) is 35.1 Å². The number of benzene rings is 2. The van der Waals surface area contributed by atoms with Crippen molar-refractivity contribution in [2.45, 2.75) is 0 Å². The van der Waals surface area contributed by atoms with Gasteiger partial charge in [-0.15, -0.1) is 0 Å². The van der Waals surface area contributed by atoms with Gasteiger partial charge in [-0.2, -0.15) is 0 Å². The van der Waals surface area contributed by atoms with E-state index >= 15 is 0 Å². The molecule has 1 saturated heterocycles. The highest BCUT2D eigenvalue weighted by Gasteiger charge is 2.19. The number of rotatable bonds is 2. The summed E-state index contributed by atoms with van der Waals surface area (Å²) in [5.74, 6) is 0.155. The monoisotopic (exact) mass is 345 g/mol. The Hall–Kier alpha value is -3.05. The van der Waals surface area contributed by atoms with Gasteiger partial charge in [-0.25, -0.2) is 4.98 Å². The van der Waals surface area contributed by atoms with E-state index in [1.54, 1.807) is 0 Å². The maximum Gasteiger partial charge on any atom is 0.199 e. The van der Waals surface area contributed by atoms with Gasteiger partial charge in [-0.1, -0.05) is 36.4 Å². The van der Waals surface area contributed by atoms with Crippen molar-refractivity contribution in [3.8, 4) is 17.1 Å². The highest BCUT2D eigenvalue weighted by molar-refractivity contribution is 6.01. The number of H-pyrrole nitrogens is 1. The van der Waals surface area contributed by atoms with Crippen molar-refractivity contribution in [1.82, 2.24) is 9.97 Å². The minimum Gasteiger partial charge on any atom is -0.494 e. The largest absolute Gasteiger partial charge is 0.494 e. The number of aromatic amines is 1. The molecule has 0 spiro atoms. The summed E-state index contributed by atoms with van der Waals surface area (Å²) >= 11 is 0. The van der Waals surface area contributed by atoms with Gasteiger partial charge in [0.05, 0.1) is 30.0 Å². The number of ether oxygens (including phenoxy) is 1. The molecule has 5 nitrogen and oxygen atoms in total. The van der Waals surface area contributed by atoms with Gasteiger partial charge in [0.25, 0.3) is 0 Å². The second-order valence-electron chi connectivity index (χ2n) is 6.54. The minimum atomic E-state index is 0.155. The molecule has 2 N–H and O–H groups in total. The normalized spacial score (nSPS) is 15.0. The second kappa shape index (κ2) is 6.04. The maximum absolute atomic E-state index is 10.5. The Balaban J connectivity index is 1.77. The molecule has 1 fully saturated rings. The van der Waals surface area contributed by atoms with Crippen molar-refractivity contribution in [2.75, 3.05) is 31.2 Å². The summed E-state index contributed by atoms with van der Waals surface area (Å²) in [5, 5.41) is 12.6. The summed E-state index contributed by atoms with van der Waals surface area (Å²) in [4.78, 5) is 10.2. The third kappa shape index (κ3) is 2.40. The van der Waals surface area contributed by atoms with Gasteiger partial charge in [-0.05, 0) is 18.2 Å². The molecule has 3 heterocycles. The van der Waals surface area contributed by atoms with Crippen LogP contribution in [0.2, 0.25) is 0 Å². The molecule has 2 aromatic carbocycles. The predicted molar refractivity (Wildman–Crippen MR) is 104 cm³/mol. The summed E-state index contributed by atoms with van der Waals surface area (Å²) < 4.78 is 5.51. The highest BCUT2D eigenvalue weighted by atomic mass is 16.5. The Bertz CT molecular complexity index is 1100. The number of aromatic nitrogens is 2. The number of morpholine rings is 1. The molecule has 0 amide bonds. The molecule has 0 atom stereocenters. The van der Waals surface area contributed by atoms with Crippen LogP contribution in [0.1, 0.15) is 0 Å². The van der Waals surface area contributed by atoms with E-state index in [1.807, 2.05) is 42.5 Å². The number of aromatic hydroxyl groups is 1. The van der Waals surface area contributed by atoms with Crippen molar-refractivity contribution in [2.24, 2.45) is 0 Å². The average Bonchev–Trinajstić information content (AvgIpc) is 3.03. The first-order valence-corrected chi connectivity index (χ1v) is 8.84. The average molecular weight is 345 g/mol. The van der Waals surface area contributed by atoms with Gasteiger partial charge in [0.15, 0.2) is 5.88 Å². The minimum absolute atomic E-state index is 0.155. The summed E-state index contributed by atoms with van der Waals surface area (Å²) in [6, 6.07) is 18.1. The lowest BCUT2D eigenvalue weighted by molar-refractivity contribution is 0.123. The third-order valence-corrected chi connectivity index (χ3v) is 4.99. The van der Waals surface area contributed by atoms with Crippen molar-refractivity contribution in [3.63, 3.8) is 0 Å². The van der Waals surface area contributed by atoms with E-state index in [4.69, 9.17) is 9.72 Å². The Labute approximate surface area is 150 Å². The number of hydrogen-bond acceptors (Lipinski definition) is 4. The molecule has 1 aliphatic heterocycles. The second-order valence-corrected chi connectivity index (χ2v) is 6.54. The van der Waals surface area contributed by atoms with Crippen LogP contribution in [0.15, 0.2) is 54.6 Å². The highest BCUT2D eigenvalue weighted by Crippen LogP contribution is 2.39. The number of para-hydroxylation sites is 2. The Morgan fingerprint density at radius 3 is 2.54 bits per heavy atom. The fraction of sp³-hybridized carbons (Fsp3) is 0.190. The molecule has 0 radical (unpaired) electrons. The first-order valence-electron chi connectivity index (χ1n) is 8.84. The van der Waals surface area contributed by atoms with Crippen LogP contribution in [0.3, 0.4) is 0 Å². The zero-order valence-electron chi connectivity index (χ0n) is 14.3. The van der Waals surface area contributed by atoms with E-state index in [2.05, 4.69) is 22.0 Å². The van der Waals surface area contributed by atoms with Crippen molar-refractivity contribution < 1.29 is 9.84 Å². The van der Waals surface area contributed by atoms with Gasteiger partial charge in [0.1, 0.15) is 0 Å². The quantitative estimate of drug-likeness (QED) is 0.578. The van der Waals surface area contributed by atoms with Crippen molar-refractivity contribution >= 4 is 27.5 Å². The van der Waals surface area contributed by atoms with Crippen LogP contribution in [0.4, 0.5) is 5.69 Å². The van der Waals surface area contributed by atoms with Gasteiger partial charge >= 0.3 is 0 Å². The molecule has 0 aliphatic carbocycles. The fourth-order valence-electron chi connectivity index (χ4n) is 3.74. The lowest BCUT2D eigenvalue weighted by Gasteiger charge is -2.30. The van der Waals surface area contributed by atoms with Crippen LogP contribution in [0.5, 0.6) is 5.88 Å². The van der Waals surface area contributed by atoms with E-state index in [9.17, 15) is 5.11 Å². The van der Waals surface area contributed by atoms with Crippen LogP contribution in [-0.2, 0) is 4.74 Å². The molecule has 0 bridgehead atoms. The molecule has 4 aromatic rings. The lowest BCUT2D eigenvalue weighted by atomic mass is 10.1. The predicted octanol–water partition coefficient (Wildman–Crippen LogP) is 3.93. The Kier molecular flexibility index (Phi) is 3.53. The molecule has 5 rings (SSSR count). The number of hydrogen-bond donors (Lipinski definition) is 2. The van der Waals surface area contributed by atoms with Crippen molar-refractivity contribution in [1.29, 1.82) is 0 Å². The number of anilines is 1. The smallest absolute Gasteiger partial charge is 0.199 e. The third-order valence-electron chi connectivity index (χ3n) is 4.99. The molecule has 2 aromatic heterocycles. The molecule has 0 saturated carbocycles. The van der Waals surface area contributed by atoms with E-state index in [1.165, 1.54) is 0 Å². The summed E-state index contributed by atoms with van der Waals surface area (Å²) in [6.07, 6.45) is 0. The molecule has 26 heavy (non-hydrogen) atoms. The number of nitrogens with zero attached hydrogens (tertiary/aromatic N) is 2. The number of pyridine rings is 1. The first-order chi connectivity index (χ1) is 12.8. The number of fused-ring (bicyclic) bond motifs is 2. The van der Waals surface area contributed by atoms with Crippen LogP contribution in [0.25, 0.3) is 33.1 Å².